The van der Waals surface area contributed by atoms with E-state index in [9.17, 15) is 9.18 Å². The van der Waals surface area contributed by atoms with Gasteiger partial charge in [0.05, 0.1) is 13.2 Å². The van der Waals surface area contributed by atoms with Gasteiger partial charge in [-0.2, -0.15) is 0 Å². The number of carbonyl (C=O) groups is 1. The third-order valence-electron chi connectivity index (χ3n) is 6.20. The number of nitrogens with zero attached hydrogens (tertiary/aromatic N) is 3. The number of aromatic nitrogens is 1. The van der Waals surface area contributed by atoms with E-state index < -0.39 is 0 Å². The number of carbonyl (C=O) groups excluding carboxylic acids is 1. The summed E-state index contributed by atoms with van der Waals surface area (Å²) < 4.78 is 21.5. The second kappa shape index (κ2) is 8.62. The molecule has 5 nitrogen and oxygen atoms in total. The molecule has 152 valence electrons. The summed E-state index contributed by atoms with van der Waals surface area (Å²) in [4.78, 5) is 17.2. The lowest BCUT2D eigenvalue weighted by atomic mass is 10.1. The number of ether oxygens (including phenoxy) is 1. The number of amides is 1. The van der Waals surface area contributed by atoms with Gasteiger partial charge in [0, 0.05) is 49.3 Å². The molecule has 2 fully saturated rings. The number of benzene rings is 1. The van der Waals surface area contributed by atoms with E-state index in [4.69, 9.17) is 4.74 Å². The van der Waals surface area contributed by atoms with Gasteiger partial charge in [-0.1, -0.05) is 0 Å². The van der Waals surface area contributed by atoms with Gasteiger partial charge in [0.1, 0.15) is 12.4 Å². The van der Waals surface area contributed by atoms with Crippen LogP contribution in [0.15, 0.2) is 18.2 Å². The number of piperidine rings is 1. The average Bonchev–Trinajstić information content (AvgIpc) is 2.98. The van der Waals surface area contributed by atoms with E-state index >= 15 is 0 Å². The van der Waals surface area contributed by atoms with Crippen LogP contribution >= 0.6 is 0 Å². The lowest BCUT2D eigenvalue weighted by molar-refractivity contribution is -0.132. The third kappa shape index (κ3) is 4.08. The Morgan fingerprint density at radius 3 is 2.61 bits per heavy atom. The highest BCUT2D eigenvalue weighted by molar-refractivity contribution is 5.87. The molecule has 2 saturated heterocycles. The second-order valence-corrected chi connectivity index (χ2v) is 7.96. The minimum absolute atomic E-state index is 0.170. The molecule has 2 aliphatic heterocycles. The van der Waals surface area contributed by atoms with Crippen LogP contribution in [0.5, 0.6) is 0 Å². The highest BCUT2D eigenvalue weighted by Gasteiger charge is 2.21. The molecule has 6 heteroatoms. The third-order valence-corrected chi connectivity index (χ3v) is 6.20. The standard InChI is InChI=1S/C22H30FN3O2/c1-17-19(7-10-24-11-13-28-14-12-24)20-15-18(23)5-6-21(20)26(17)16-22(27)25-8-3-2-4-9-25/h5-6,15H,2-4,7-14,16H2,1H3. The highest BCUT2D eigenvalue weighted by Crippen LogP contribution is 2.28. The summed E-state index contributed by atoms with van der Waals surface area (Å²) in [7, 11) is 0. The molecule has 0 unspecified atom stereocenters. The summed E-state index contributed by atoms with van der Waals surface area (Å²) in [6.07, 6.45) is 4.25. The second-order valence-electron chi connectivity index (χ2n) is 7.96. The molecule has 28 heavy (non-hydrogen) atoms. The van der Waals surface area contributed by atoms with Crippen molar-refractivity contribution in [1.82, 2.24) is 14.4 Å². The molecule has 1 amide bonds. The zero-order valence-corrected chi connectivity index (χ0v) is 16.8. The fourth-order valence-electron chi connectivity index (χ4n) is 4.52. The van der Waals surface area contributed by atoms with Gasteiger partial charge in [0.25, 0.3) is 0 Å². The molecule has 1 aromatic carbocycles. The number of fused-ring (bicyclic) bond motifs is 1. The van der Waals surface area contributed by atoms with E-state index in [0.717, 1.165) is 87.4 Å². The molecule has 0 aliphatic carbocycles. The predicted molar refractivity (Wildman–Crippen MR) is 108 cm³/mol. The van der Waals surface area contributed by atoms with Crippen LogP contribution in [0, 0.1) is 12.7 Å². The topological polar surface area (TPSA) is 37.7 Å². The fraction of sp³-hybridized carbons (Fsp3) is 0.591. The van der Waals surface area contributed by atoms with Crippen molar-refractivity contribution in [1.29, 1.82) is 0 Å². The molecule has 2 aromatic rings. The molecular formula is C22H30FN3O2. The number of halogens is 1. The highest BCUT2D eigenvalue weighted by atomic mass is 19.1. The first-order valence-electron chi connectivity index (χ1n) is 10.5. The smallest absolute Gasteiger partial charge is 0.242 e. The molecule has 2 aliphatic rings. The Hall–Kier alpha value is -1.92. The molecule has 4 rings (SSSR count). The predicted octanol–water partition coefficient (Wildman–Crippen LogP) is 2.98. The normalized spacial score (nSPS) is 18.7. The first-order chi connectivity index (χ1) is 13.6. The van der Waals surface area contributed by atoms with Gasteiger partial charge in [-0.15, -0.1) is 0 Å². The summed E-state index contributed by atoms with van der Waals surface area (Å²) in [6, 6.07) is 4.94. The van der Waals surface area contributed by atoms with Gasteiger partial charge in [-0.05, 0) is 56.4 Å². The first kappa shape index (κ1) is 19.4. The number of hydrogen-bond donors (Lipinski definition) is 0. The summed E-state index contributed by atoms with van der Waals surface area (Å²) in [6.45, 7) is 8.49. The summed E-state index contributed by atoms with van der Waals surface area (Å²) >= 11 is 0. The van der Waals surface area contributed by atoms with Gasteiger partial charge in [-0.3, -0.25) is 9.69 Å². The van der Waals surface area contributed by atoms with Crippen molar-refractivity contribution in [2.24, 2.45) is 0 Å². The van der Waals surface area contributed by atoms with Crippen LogP contribution in [0.1, 0.15) is 30.5 Å². The maximum absolute atomic E-state index is 14.0. The van der Waals surface area contributed by atoms with Crippen LogP contribution < -0.4 is 0 Å². The van der Waals surface area contributed by atoms with Gasteiger partial charge >= 0.3 is 0 Å². The van der Waals surface area contributed by atoms with Crippen molar-refractivity contribution in [2.45, 2.75) is 39.2 Å². The largest absolute Gasteiger partial charge is 0.379 e. The summed E-state index contributed by atoms with van der Waals surface area (Å²) in [5.41, 5.74) is 3.20. The van der Waals surface area contributed by atoms with Gasteiger partial charge in [0.2, 0.25) is 5.91 Å². The monoisotopic (exact) mass is 387 g/mol. The molecule has 0 bridgehead atoms. The SMILES string of the molecule is Cc1c(CCN2CCOCC2)c2cc(F)ccc2n1CC(=O)N1CCCCC1. The minimum Gasteiger partial charge on any atom is -0.379 e. The van der Waals surface area contributed by atoms with Crippen molar-refractivity contribution in [3.63, 3.8) is 0 Å². The van der Waals surface area contributed by atoms with Gasteiger partial charge in [-0.25, -0.2) is 4.39 Å². The maximum Gasteiger partial charge on any atom is 0.242 e. The van der Waals surface area contributed by atoms with Gasteiger partial charge < -0.3 is 14.2 Å². The van der Waals surface area contributed by atoms with E-state index in [1.54, 1.807) is 6.07 Å². The Balaban J connectivity index is 1.58. The molecule has 0 spiro atoms. The molecule has 3 heterocycles. The van der Waals surface area contributed by atoms with E-state index in [1.165, 1.54) is 12.5 Å². The number of rotatable bonds is 5. The van der Waals surface area contributed by atoms with Crippen molar-refractivity contribution in [2.75, 3.05) is 45.9 Å². The lowest BCUT2D eigenvalue weighted by Crippen LogP contribution is -2.38. The maximum atomic E-state index is 14.0. The Kier molecular flexibility index (Phi) is 5.97. The first-order valence-corrected chi connectivity index (χ1v) is 10.5. The van der Waals surface area contributed by atoms with Crippen LogP contribution in [0.25, 0.3) is 10.9 Å². The Labute approximate surface area is 166 Å². The van der Waals surface area contributed by atoms with Crippen LogP contribution in [0.4, 0.5) is 4.39 Å². The van der Waals surface area contributed by atoms with E-state index in [2.05, 4.69) is 16.4 Å². The lowest BCUT2D eigenvalue weighted by Gasteiger charge is -2.27. The number of morpholine rings is 1. The number of likely N-dealkylation sites (tertiary alicyclic amines) is 1. The van der Waals surface area contributed by atoms with Gasteiger partial charge in [0.15, 0.2) is 0 Å². The van der Waals surface area contributed by atoms with Crippen molar-refractivity contribution in [3.05, 3.63) is 35.3 Å². The van der Waals surface area contributed by atoms with Crippen molar-refractivity contribution in [3.8, 4) is 0 Å². The van der Waals surface area contributed by atoms with Crippen LogP contribution in [0.3, 0.4) is 0 Å². The molecule has 0 N–H and O–H groups in total. The van der Waals surface area contributed by atoms with E-state index in [1.807, 2.05) is 11.0 Å². The Bertz CT molecular complexity index is 836. The fourth-order valence-corrected chi connectivity index (χ4v) is 4.52. The summed E-state index contributed by atoms with van der Waals surface area (Å²) in [5, 5.41) is 0.942. The molecule has 0 saturated carbocycles. The zero-order chi connectivity index (χ0) is 19.5. The molecule has 0 radical (unpaired) electrons. The minimum atomic E-state index is -0.223. The Morgan fingerprint density at radius 2 is 1.86 bits per heavy atom. The molecular weight excluding hydrogens is 357 g/mol. The van der Waals surface area contributed by atoms with Crippen LogP contribution in [-0.4, -0.2) is 66.2 Å². The summed E-state index contributed by atoms with van der Waals surface area (Å²) in [5.74, 6) is -0.0524. The van der Waals surface area contributed by atoms with Crippen LogP contribution in [-0.2, 0) is 22.5 Å². The van der Waals surface area contributed by atoms with E-state index in [0.29, 0.717) is 6.54 Å². The Morgan fingerprint density at radius 1 is 1.11 bits per heavy atom. The quantitative estimate of drug-likeness (QED) is 0.792. The van der Waals surface area contributed by atoms with Crippen LogP contribution in [0.2, 0.25) is 0 Å². The van der Waals surface area contributed by atoms with E-state index in [-0.39, 0.29) is 11.7 Å². The zero-order valence-electron chi connectivity index (χ0n) is 16.8. The molecule has 1 aromatic heterocycles. The van der Waals surface area contributed by atoms with Crippen molar-refractivity contribution >= 4 is 16.8 Å². The molecule has 0 atom stereocenters. The average molecular weight is 387 g/mol. The number of hydrogen-bond acceptors (Lipinski definition) is 3. The van der Waals surface area contributed by atoms with Crippen molar-refractivity contribution < 1.29 is 13.9 Å².